The van der Waals surface area contributed by atoms with Crippen molar-refractivity contribution in [1.29, 1.82) is 0 Å². The molecule has 1 atom stereocenters. The Bertz CT molecular complexity index is 821. The average Bonchev–Trinajstić information content (AvgIpc) is 3.27. The summed E-state index contributed by atoms with van der Waals surface area (Å²) < 4.78 is 7.67. The van der Waals surface area contributed by atoms with E-state index in [1.807, 2.05) is 48.7 Å². The first-order chi connectivity index (χ1) is 11.8. The predicted molar refractivity (Wildman–Crippen MR) is 93.1 cm³/mol. The third kappa shape index (κ3) is 3.00. The molecule has 1 aromatic heterocycles. The summed E-state index contributed by atoms with van der Waals surface area (Å²) in [6.07, 6.45) is 1.72. The van der Waals surface area contributed by atoms with Crippen LogP contribution in [-0.2, 0) is 11.3 Å². The molecule has 3 aromatic rings. The van der Waals surface area contributed by atoms with E-state index in [0.717, 1.165) is 28.5 Å². The maximum atomic E-state index is 6.22. The minimum absolute atomic E-state index is 0.201. The highest BCUT2D eigenvalue weighted by molar-refractivity contribution is 6.31. The standard InChI is InChI=1S/C18H17ClN4O/c19-16-9-5-4-6-14(16)12-22-13-17(20-21-22)18-23(10-11-24-18)15-7-2-1-3-8-15/h1-9,13,18H,10-12H2. The summed E-state index contributed by atoms with van der Waals surface area (Å²) in [5, 5.41) is 9.26. The highest BCUT2D eigenvalue weighted by atomic mass is 35.5. The molecule has 6 heteroatoms. The quantitative estimate of drug-likeness (QED) is 0.729. The number of aromatic nitrogens is 3. The first kappa shape index (κ1) is 15.2. The Morgan fingerprint density at radius 1 is 1.08 bits per heavy atom. The van der Waals surface area contributed by atoms with Gasteiger partial charge in [-0.25, -0.2) is 4.68 Å². The zero-order chi connectivity index (χ0) is 16.4. The normalized spacial score (nSPS) is 17.4. The Morgan fingerprint density at radius 2 is 1.88 bits per heavy atom. The molecule has 1 saturated heterocycles. The van der Waals surface area contributed by atoms with Gasteiger partial charge in [0.25, 0.3) is 0 Å². The van der Waals surface area contributed by atoms with Crippen molar-refractivity contribution in [2.45, 2.75) is 12.8 Å². The van der Waals surface area contributed by atoms with Crippen LogP contribution in [-0.4, -0.2) is 28.1 Å². The molecule has 5 nitrogen and oxygen atoms in total. The maximum absolute atomic E-state index is 6.22. The van der Waals surface area contributed by atoms with Crippen LogP contribution in [0.15, 0.2) is 60.8 Å². The van der Waals surface area contributed by atoms with Crippen LogP contribution in [0.3, 0.4) is 0 Å². The molecule has 0 saturated carbocycles. The second kappa shape index (κ2) is 6.63. The molecule has 122 valence electrons. The number of hydrogen-bond acceptors (Lipinski definition) is 4. The minimum Gasteiger partial charge on any atom is -0.350 e. The molecule has 24 heavy (non-hydrogen) atoms. The van der Waals surface area contributed by atoms with Gasteiger partial charge in [0, 0.05) is 17.3 Å². The van der Waals surface area contributed by atoms with Crippen LogP contribution < -0.4 is 4.90 Å². The second-order valence-electron chi connectivity index (χ2n) is 5.68. The number of benzene rings is 2. The minimum atomic E-state index is -0.201. The predicted octanol–water partition coefficient (Wildman–Crippen LogP) is 3.52. The van der Waals surface area contributed by atoms with Crippen LogP contribution in [0.1, 0.15) is 17.5 Å². The molecule has 1 aliphatic heterocycles. The topological polar surface area (TPSA) is 43.2 Å². The number of hydrogen-bond donors (Lipinski definition) is 0. The van der Waals surface area contributed by atoms with Crippen LogP contribution in [0.2, 0.25) is 5.02 Å². The van der Waals surface area contributed by atoms with Crippen molar-refractivity contribution >= 4 is 17.3 Å². The van der Waals surface area contributed by atoms with Crippen LogP contribution in [0, 0.1) is 0 Å². The van der Waals surface area contributed by atoms with Crippen molar-refractivity contribution in [2.75, 3.05) is 18.1 Å². The molecular weight excluding hydrogens is 324 g/mol. The van der Waals surface area contributed by atoms with Crippen LogP contribution in [0.5, 0.6) is 0 Å². The monoisotopic (exact) mass is 340 g/mol. The van der Waals surface area contributed by atoms with E-state index < -0.39 is 0 Å². The SMILES string of the molecule is Clc1ccccc1Cn1cc(C2OCCN2c2ccccc2)nn1. The number of halogens is 1. The number of rotatable bonds is 4. The molecule has 0 spiro atoms. The zero-order valence-electron chi connectivity index (χ0n) is 13.0. The molecule has 0 amide bonds. The lowest BCUT2D eigenvalue weighted by atomic mass is 10.2. The largest absolute Gasteiger partial charge is 0.350 e. The summed E-state index contributed by atoms with van der Waals surface area (Å²) in [6, 6.07) is 18.0. The zero-order valence-corrected chi connectivity index (χ0v) is 13.8. The van der Waals surface area contributed by atoms with E-state index in [1.54, 1.807) is 4.68 Å². The summed E-state index contributed by atoms with van der Waals surface area (Å²) >= 11 is 6.22. The van der Waals surface area contributed by atoms with Gasteiger partial charge in [0.15, 0.2) is 6.23 Å². The van der Waals surface area contributed by atoms with Gasteiger partial charge in [0.05, 0.1) is 19.3 Å². The smallest absolute Gasteiger partial charge is 0.177 e. The number of ether oxygens (including phenoxy) is 1. The first-order valence-electron chi connectivity index (χ1n) is 7.88. The van der Waals surface area contributed by atoms with E-state index in [-0.39, 0.29) is 6.23 Å². The molecule has 4 rings (SSSR count). The number of para-hydroxylation sites is 1. The lowest BCUT2D eigenvalue weighted by Gasteiger charge is -2.23. The lowest BCUT2D eigenvalue weighted by Crippen LogP contribution is -2.23. The number of anilines is 1. The van der Waals surface area contributed by atoms with E-state index in [0.29, 0.717) is 13.2 Å². The average molecular weight is 341 g/mol. The Labute approximate surface area is 145 Å². The Morgan fingerprint density at radius 3 is 2.71 bits per heavy atom. The van der Waals surface area contributed by atoms with Crippen molar-refractivity contribution in [3.63, 3.8) is 0 Å². The highest BCUT2D eigenvalue weighted by Gasteiger charge is 2.29. The van der Waals surface area contributed by atoms with E-state index >= 15 is 0 Å². The van der Waals surface area contributed by atoms with Gasteiger partial charge in [0.2, 0.25) is 0 Å². The van der Waals surface area contributed by atoms with E-state index in [9.17, 15) is 0 Å². The molecule has 1 fully saturated rings. The Kier molecular flexibility index (Phi) is 4.19. The summed E-state index contributed by atoms with van der Waals surface area (Å²) in [5.74, 6) is 0. The van der Waals surface area contributed by atoms with Gasteiger partial charge in [-0.1, -0.05) is 53.2 Å². The molecule has 1 unspecified atom stereocenters. The van der Waals surface area contributed by atoms with Crippen molar-refractivity contribution in [3.05, 3.63) is 77.1 Å². The summed E-state index contributed by atoms with van der Waals surface area (Å²) in [4.78, 5) is 2.20. The van der Waals surface area contributed by atoms with Crippen LogP contribution >= 0.6 is 11.6 Å². The van der Waals surface area contributed by atoms with Crippen LogP contribution in [0.25, 0.3) is 0 Å². The van der Waals surface area contributed by atoms with Crippen LogP contribution in [0.4, 0.5) is 5.69 Å². The third-order valence-corrected chi connectivity index (χ3v) is 4.45. The number of nitrogens with zero attached hydrogens (tertiary/aromatic N) is 4. The van der Waals surface area contributed by atoms with Gasteiger partial charge >= 0.3 is 0 Å². The fourth-order valence-corrected chi connectivity index (χ4v) is 3.10. The molecule has 2 heterocycles. The molecule has 1 aliphatic rings. The maximum Gasteiger partial charge on any atom is 0.177 e. The molecule has 0 aliphatic carbocycles. The van der Waals surface area contributed by atoms with E-state index in [1.165, 1.54) is 0 Å². The molecule has 0 radical (unpaired) electrons. The van der Waals surface area contributed by atoms with Gasteiger partial charge in [0.1, 0.15) is 5.69 Å². The van der Waals surface area contributed by atoms with E-state index in [4.69, 9.17) is 16.3 Å². The summed E-state index contributed by atoms with van der Waals surface area (Å²) in [5.41, 5.74) is 2.95. The van der Waals surface area contributed by atoms with Crippen molar-refractivity contribution in [1.82, 2.24) is 15.0 Å². The van der Waals surface area contributed by atoms with Gasteiger partial charge in [-0.15, -0.1) is 5.10 Å². The van der Waals surface area contributed by atoms with Gasteiger partial charge in [-0.3, -0.25) is 0 Å². The Balaban J connectivity index is 1.55. The van der Waals surface area contributed by atoms with Crippen molar-refractivity contribution in [2.24, 2.45) is 0 Å². The fraction of sp³-hybridized carbons (Fsp3) is 0.222. The lowest BCUT2D eigenvalue weighted by molar-refractivity contribution is 0.110. The fourth-order valence-electron chi connectivity index (χ4n) is 2.90. The third-order valence-electron chi connectivity index (χ3n) is 4.08. The molecule has 0 bridgehead atoms. The molecule has 0 N–H and O–H groups in total. The summed E-state index contributed by atoms with van der Waals surface area (Å²) in [6.45, 7) is 2.10. The molecular formula is C18H17ClN4O. The van der Waals surface area contributed by atoms with Crippen molar-refractivity contribution in [3.8, 4) is 0 Å². The van der Waals surface area contributed by atoms with E-state index in [2.05, 4.69) is 27.3 Å². The van der Waals surface area contributed by atoms with Crippen molar-refractivity contribution < 1.29 is 4.74 Å². The van der Waals surface area contributed by atoms with Gasteiger partial charge < -0.3 is 9.64 Å². The second-order valence-corrected chi connectivity index (χ2v) is 6.09. The first-order valence-corrected chi connectivity index (χ1v) is 8.26. The van der Waals surface area contributed by atoms with Gasteiger partial charge in [-0.05, 0) is 23.8 Å². The highest BCUT2D eigenvalue weighted by Crippen LogP contribution is 2.30. The molecule has 2 aromatic carbocycles. The Hall–Kier alpha value is -2.37. The van der Waals surface area contributed by atoms with Gasteiger partial charge in [-0.2, -0.15) is 0 Å². The summed E-state index contributed by atoms with van der Waals surface area (Å²) in [7, 11) is 0.